The van der Waals surface area contributed by atoms with Crippen LogP contribution in [-0.4, -0.2) is 4.40 Å². The Morgan fingerprint density at radius 1 is 0.425 bits per heavy atom. The van der Waals surface area contributed by atoms with Crippen molar-refractivity contribution in [2.75, 3.05) is 0 Å². The highest BCUT2D eigenvalue weighted by molar-refractivity contribution is 6.27. The molecule has 2 heterocycles. The van der Waals surface area contributed by atoms with Crippen LogP contribution in [-0.2, 0) is 6.42 Å². The van der Waals surface area contributed by atoms with E-state index in [4.69, 9.17) is 0 Å². The Kier molecular flexibility index (Phi) is 3.78. The maximum atomic E-state index is 2.52. The lowest BCUT2D eigenvalue weighted by Crippen LogP contribution is -1.88. The van der Waals surface area contributed by atoms with E-state index in [1.165, 1.54) is 93.0 Å². The van der Waals surface area contributed by atoms with Crippen molar-refractivity contribution in [2.24, 2.45) is 0 Å². The quantitative estimate of drug-likeness (QED) is 0.209. The van der Waals surface area contributed by atoms with E-state index in [1.54, 1.807) is 0 Å². The molecule has 184 valence electrons. The molecule has 1 aliphatic rings. The van der Waals surface area contributed by atoms with Gasteiger partial charge >= 0.3 is 0 Å². The van der Waals surface area contributed by atoms with Crippen molar-refractivity contribution >= 4 is 59.6 Å². The van der Waals surface area contributed by atoms with Gasteiger partial charge in [0.15, 0.2) is 0 Å². The van der Waals surface area contributed by atoms with Gasteiger partial charge in [0.1, 0.15) is 0 Å². The SMILES string of the molecule is c1ccc2c(c1)Cc1c(-c3cc4c5cc6ccccc6cc5n5c6cc7ccccc7cc6c(c3)c45)cccc1-2. The second-order valence-electron chi connectivity index (χ2n) is 11.4. The minimum atomic E-state index is 0.989. The molecule has 0 radical (unpaired) electrons. The van der Waals surface area contributed by atoms with Gasteiger partial charge in [-0.3, -0.25) is 0 Å². The lowest BCUT2D eigenvalue weighted by molar-refractivity contribution is 1.26. The van der Waals surface area contributed by atoms with E-state index in [9.17, 15) is 0 Å². The van der Waals surface area contributed by atoms with Crippen LogP contribution in [0.1, 0.15) is 11.1 Å². The molecule has 0 fully saturated rings. The van der Waals surface area contributed by atoms with Gasteiger partial charge in [-0.1, -0.05) is 91.0 Å². The van der Waals surface area contributed by atoms with Crippen LogP contribution >= 0.6 is 0 Å². The molecule has 1 aliphatic carbocycles. The third-order valence-electron chi connectivity index (χ3n) is 9.29. The molecular weight excluding hydrogens is 482 g/mol. The lowest BCUT2D eigenvalue weighted by Gasteiger charge is -2.10. The van der Waals surface area contributed by atoms with Gasteiger partial charge in [0.25, 0.3) is 0 Å². The molecule has 0 saturated heterocycles. The fourth-order valence-electron chi connectivity index (χ4n) is 7.50. The number of hydrogen-bond donors (Lipinski definition) is 0. The first-order valence-corrected chi connectivity index (χ1v) is 14.1. The summed E-state index contributed by atoms with van der Waals surface area (Å²) in [5.74, 6) is 0. The molecule has 0 atom stereocenters. The molecule has 40 heavy (non-hydrogen) atoms. The molecular formula is C39H23N. The molecule has 0 N–H and O–H groups in total. The van der Waals surface area contributed by atoms with E-state index in [0.29, 0.717) is 0 Å². The zero-order chi connectivity index (χ0) is 25.9. The first-order chi connectivity index (χ1) is 19.8. The van der Waals surface area contributed by atoms with Crippen LogP contribution in [0.2, 0.25) is 0 Å². The smallest absolute Gasteiger partial charge is 0.0620 e. The van der Waals surface area contributed by atoms with Gasteiger partial charge in [-0.05, 0) is 97.7 Å². The third kappa shape index (κ3) is 2.57. The minimum absolute atomic E-state index is 0.989. The Morgan fingerprint density at radius 3 is 1.60 bits per heavy atom. The Labute approximate surface area is 230 Å². The van der Waals surface area contributed by atoms with E-state index < -0.39 is 0 Å². The van der Waals surface area contributed by atoms with Gasteiger partial charge in [-0.15, -0.1) is 0 Å². The number of rotatable bonds is 1. The zero-order valence-electron chi connectivity index (χ0n) is 21.8. The van der Waals surface area contributed by atoms with Crippen LogP contribution in [0.3, 0.4) is 0 Å². The van der Waals surface area contributed by atoms with Crippen molar-refractivity contribution in [1.82, 2.24) is 4.40 Å². The molecule has 0 amide bonds. The van der Waals surface area contributed by atoms with Gasteiger partial charge in [0.05, 0.1) is 16.6 Å². The number of hydrogen-bond acceptors (Lipinski definition) is 0. The molecule has 0 spiro atoms. The average molecular weight is 506 g/mol. The van der Waals surface area contributed by atoms with Crippen molar-refractivity contribution < 1.29 is 0 Å². The predicted octanol–water partition coefficient (Wildman–Crippen LogP) is 10.4. The predicted molar refractivity (Wildman–Crippen MR) is 170 cm³/mol. The fourth-order valence-corrected chi connectivity index (χ4v) is 7.50. The molecule has 0 aliphatic heterocycles. The van der Waals surface area contributed by atoms with Crippen LogP contribution in [0.15, 0.2) is 127 Å². The fraction of sp³-hybridized carbons (Fsp3) is 0.0256. The summed E-state index contributed by atoms with van der Waals surface area (Å²) in [4.78, 5) is 0. The summed E-state index contributed by atoms with van der Waals surface area (Å²) in [5, 5.41) is 10.5. The Bertz CT molecular complexity index is 2390. The number of aromatic nitrogens is 1. The Balaban J connectivity index is 1.38. The molecule has 0 unspecified atom stereocenters. The number of fused-ring (bicyclic) bond motifs is 11. The van der Waals surface area contributed by atoms with E-state index in [0.717, 1.165) is 6.42 Å². The summed E-state index contributed by atoms with van der Waals surface area (Å²) in [6, 6.07) is 47.7. The van der Waals surface area contributed by atoms with Crippen molar-refractivity contribution in [3.05, 3.63) is 139 Å². The monoisotopic (exact) mass is 505 g/mol. The zero-order valence-corrected chi connectivity index (χ0v) is 21.8. The second kappa shape index (κ2) is 7.28. The minimum Gasteiger partial charge on any atom is -0.308 e. The van der Waals surface area contributed by atoms with E-state index in [2.05, 4.69) is 132 Å². The summed E-state index contributed by atoms with van der Waals surface area (Å²) in [7, 11) is 0. The second-order valence-corrected chi connectivity index (χ2v) is 11.4. The van der Waals surface area contributed by atoms with Crippen molar-refractivity contribution in [3.63, 3.8) is 0 Å². The molecule has 10 rings (SSSR count). The lowest BCUT2D eigenvalue weighted by atomic mass is 9.93. The number of nitrogens with zero attached hydrogens (tertiary/aromatic N) is 1. The molecule has 9 aromatic rings. The highest BCUT2D eigenvalue weighted by atomic mass is 14.9. The van der Waals surface area contributed by atoms with Crippen LogP contribution < -0.4 is 0 Å². The van der Waals surface area contributed by atoms with Crippen LogP contribution in [0.5, 0.6) is 0 Å². The van der Waals surface area contributed by atoms with Crippen LogP contribution in [0.4, 0.5) is 0 Å². The molecule has 1 nitrogen and oxygen atoms in total. The van der Waals surface area contributed by atoms with Gasteiger partial charge in [-0.25, -0.2) is 0 Å². The van der Waals surface area contributed by atoms with Crippen molar-refractivity contribution in [1.29, 1.82) is 0 Å². The topological polar surface area (TPSA) is 4.41 Å². The summed E-state index contributed by atoms with van der Waals surface area (Å²) < 4.78 is 2.52. The van der Waals surface area contributed by atoms with Crippen LogP contribution in [0.25, 0.3) is 81.9 Å². The largest absolute Gasteiger partial charge is 0.308 e. The Morgan fingerprint density at radius 2 is 0.950 bits per heavy atom. The van der Waals surface area contributed by atoms with Crippen LogP contribution in [0, 0.1) is 0 Å². The summed E-state index contributed by atoms with van der Waals surface area (Å²) in [6.07, 6.45) is 0.989. The first kappa shape index (κ1) is 20.8. The number of benzene rings is 7. The molecule has 0 saturated carbocycles. The maximum Gasteiger partial charge on any atom is 0.0620 e. The van der Waals surface area contributed by atoms with Crippen molar-refractivity contribution in [3.8, 4) is 22.3 Å². The standard InChI is InChI=1S/C39H23N/c1-3-10-25-21-37-33(16-23(25)8-1)35-19-28(30-14-7-15-31-29-13-6-5-12-27(29)18-32(30)31)20-36-34-17-24-9-2-4-11-26(24)22-38(34)40(37)39(35)36/h1-17,19-22H,18H2. The molecule has 1 heteroatoms. The molecule has 0 bridgehead atoms. The summed E-state index contributed by atoms with van der Waals surface area (Å²) in [5.41, 5.74) is 12.2. The molecule has 2 aromatic heterocycles. The maximum absolute atomic E-state index is 2.52. The van der Waals surface area contributed by atoms with Gasteiger partial charge in [0.2, 0.25) is 0 Å². The summed E-state index contributed by atoms with van der Waals surface area (Å²) >= 11 is 0. The summed E-state index contributed by atoms with van der Waals surface area (Å²) in [6.45, 7) is 0. The first-order valence-electron chi connectivity index (χ1n) is 14.1. The normalized spacial score (nSPS) is 12.9. The molecule has 7 aromatic carbocycles. The Hall–Kier alpha value is -5.14. The third-order valence-corrected chi connectivity index (χ3v) is 9.29. The van der Waals surface area contributed by atoms with Crippen molar-refractivity contribution in [2.45, 2.75) is 6.42 Å². The highest BCUT2D eigenvalue weighted by Gasteiger charge is 2.24. The van der Waals surface area contributed by atoms with Gasteiger partial charge < -0.3 is 4.40 Å². The average Bonchev–Trinajstić information content (AvgIpc) is 3.65. The van der Waals surface area contributed by atoms with Gasteiger partial charge in [-0.2, -0.15) is 0 Å². The van der Waals surface area contributed by atoms with Gasteiger partial charge in [0, 0.05) is 21.5 Å². The van der Waals surface area contributed by atoms with E-state index >= 15 is 0 Å². The highest BCUT2D eigenvalue weighted by Crippen LogP contribution is 2.46. The van der Waals surface area contributed by atoms with E-state index in [-0.39, 0.29) is 0 Å². The van der Waals surface area contributed by atoms with E-state index in [1.807, 2.05) is 0 Å².